The molecule has 10 atom stereocenters. The number of hydrogen-bond acceptors (Lipinski definition) is 12. The number of carboxylic acid groups (broad SMARTS) is 1. The molecule has 0 rings (SSSR count). The van der Waals surface area contributed by atoms with Gasteiger partial charge in [0.2, 0.25) is 47.3 Å². The number of nitrogens with two attached hydrogens (primary N) is 1. The smallest absolute Gasteiger partial charge is 0.326 e. The van der Waals surface area contributed by atoms with E-state index in [4.69, 9.17) is 5.73 Å². The summed E-state index contributed by atoms with van der Waals surface area (Å²) in [5.74, 6) is -8.08. The van der Waals surface area contributed by atoms with Crippen LogP contribution in [0.5, 0.6) is 0 Å². The van der Waals surface area contributed by atoms with Crippen molar-refractivity contribution < 1.29 is 58.5 Å². The van der Waals surface area contributed by atoms with Crippen LogP contribution in [0.4, 0.5) is 0 Å². The number of primary amides is 1. The molecule has 0 bridgehead atoms. The fourth-order valence-electron chi connectivity index (χ4n) is 8.86. The molecule has 0 aromatic rings. The van der Waals surface area contributed by atoms with Gasteiger partial charge in [-0.3, -0.25) is 38.4 Å². The second-order valence-electron chi connectivity index (χ2n) is 23.8. The number of aliphatic hydroxyl groups is 2. The van der Waals surface area contributed by atoms with Crippen LogP contribution < -0.4 is 48.3 Å². The van der Waals surface area contributed by atoms with Gasteiger partial charge in [-0.25, -0.2) is 4.79 Å². The highest BCUT2D eigenvalue weighted by atomic mass is 16.4. The van der Waals surface area contributed by atoms with Gasteiger partial charge in [-0.15, -0.1) is 0 Å². The normalized spacial score (nSPS) is 15.5. The topological polar surface area (TPSA) is 337 Å². The lowest BCUT2D eigenvalue weighted by Crippen LogP contribution is -2.62. The zero-order chi connectivity index (χ0) is 60.0. The zero-order valence-electron chi connectivity index (χ0n) is 49.9. The summed E-state index contributed by atoms with van der Waals surface area (Å²) < 4.78 is 0. The van der Waals surface area contributed by atoms with Crippen LogP contribution in [-0.2, 0) is 43.2 Å². The monoisotopic (exact) mass is 1110 g/mol. The number of aliphatic carboxylic acids is 1. The predicted octanol–water partition coefficient (Wildman–Crippen LogP) is 4.36. The summed E-state index contributed by atoms with van der Waals surface area (Å²) >= 11 is 0. The number of hydrogen-bond donors (Lipinski definition) is 12. The van der Waals surface area contributed by atoms with Crippen LogP contribution in [0.15, 0.2) is 12.3 Å². The van der Waals surface area contributed by atoms with E-state index >= 15 is 0 Å². The van der Waals surface area contributed by atoms with Crippen molar-refractivity contribution in [2.45, 2.75) is 260 Å². The van der Waals surface area contributed by atoms with Gasteiger partial charge in [0, 0.05) is 12.1 Å². The fraction of sp³-hybridized carbons (Fsp3) is 0.807. The first-order chi connectivity index (χ1) is 36.3. The van der Waals surface area contributed by atoms with Gasteiger partial charge in [0.1, 0.15) is 42.3 Å². The Morgan fingerprint density at radius 1 is 0.436 bits per heavy atom. The average Bonchev–Trinajstić information content (AvgIpc) is 3.30. The number of aliphatic hydroxyl groups excluding tert-OH is 2. The van der Waals surface area contributed by atoms with E-state index < -0.39 is 114 Å². The minimum atomic E-state index is -1.66. The molecule has 21 nitrogen and oxygen atoms in total. The Kier molecular flexibility index (Phi) is 35.7. The summed E-state index contributed by atoms with van der Waals surface area (Å²) in [6.07, 6.45) is 6.14. The van der Waals surface area contributed by atoms with Crippen molar-refractivity contribution in [3.8, 4) is 0 Å². The minimum absolute atomic E-state index is 0.0227. The summed E-state index contributed by atoms with van der Waals surface area (Å²) in [6.45, 7) is 29.5. The summed E-state index contributed by atoms with van der Waals surface area (Å²) in [7, 11) is 0. The average molecular weight is 1110 g/mol. The molecule has 0 saturated carbocycles. The highest BCUT2D eigenvalue weighted by Gasteiger charge is 2.37. The maximum absolute atomic E-state index is 14.2. The van der Waals surface area contributed by atoms with Gasteiger partial charge in [-0.1, -0.05) is 142 Å². The Balaban J connectivity index is 6.48. The molecular weight excluding hydrogens is 1000 g/mol. The van der Waals surface area contributed by atoms with Gasteiger partial charge in [-0.2, -0.15) is 0 Å². The molecule has 0 aliphatic rings. The Bertz CT molecular complexity index is 1890. The second kappa shape index (κ2) is 38.3. The summed E-state index contributed by atoms with van der Waals surface area (Å²) in [6, 6.07) is -9.66. The third kappa shape index (κ3) is 31.3. The van der Waals surface area contributed by atoms with E-state index in [1.165, 1.54) is 26.2 Å². The van der Waals surface area contributed by atoms with Gasteiger partial charge < -0.3 is 63.6 Å². The maximum atomic E-state index is 14.2. The first kappa shape index (κ1) is 72.7. The predicted molar refractivity (Wildman–Crippen MR) is 303 cm³/mol. The number of carbonyl (C=O) groups excluding carboxylic acids is 8. The van der Waals surface area contributed by atoms with E-state index in [0.717, 1.165) is 25.7 Å². The number of nitrogens with one attached hydrogen (secondary N) is 8. The van der Waals surface area contributed by atoms with Crippen LogP contribution in [0.2, 0.25) is 0 Å². The van der Waals surface area contributed by atoms with E-state index in [2.05, 4.69) is 56.0 Å². The van der Waals surface area contributed by atoms with Gasteiger partial charge in [0.25, 0.3) is 0 Å². The van der Waals surface area contributed by atoms with Gasteiger partial charge in [0.05, 0.1) is 24.7 Å². The van der Waals surface area contributed by atoms with Crippen molar-refractivity contribution in [2.75, 3.05) is 0 Å². The standard InChI is InChI=1S/C57H105N9O12/c1-16-17-18-19-20-21-22-23-40(68)31-48(70)60-42(26-32(2)3)38(14)59-43(27-33(4)5)52(72)61-41(24-25-47(58)69)51(71)62-45(29-35(8)9)54(74)66-50(39(15)67)56(76)65-49(37(12)13)55(75)63-44(28-34(6)7)53(73)64-46(57(77)78)30-36(10)11/h32-37,39-46,49-50,59,67-68H,14,16-31H2,1-13,15H3,(H2,58,69)(H,60,70)(H,61,72)(H,62,71)(H,63,75)(H,64,73)(H,65,76)(H,66,74)(H,77,78)/t39-,40-,41-,42+,43+,44-,45+,46+,49+,50-/m1/s1. The molecule has 13 N–H and O–H groups in total. The molecule has 0 saturated heterocycles. The van der Waals surface area contributed by atoms with Crippen LogP contribution in [-0.4, -0.2) is 129 Å². The number of rotatable bonds is 42. The lowest BCUT2D eigenvalue weighted by molar-refractivity contribution is -0.143. The Morgan fingerprint density at radius 3 is 1.26 bits per heavy atom. The molecule has 8 amide bonds. The molecule has 0 fully saturated rings. The number of carboxylic acids is 1. The van der Waals surface area contributed by atoms with Crippen LogP contribution in [0.25, 0.3) is 0 Å². The van der Waals surface area contributed by atoms with E-state index in [1.54, 1.807) is 27.7 Å². The highest BCUT2D eigenvalue weighted by molar-refractivity contribution is 5.97. The van der Waals surface area contributed by atoms with Crippen molar-refractivity contribution in [3.05, 3.63) is 12.3 Å². The first-order valence-corrected chi connectivity index (χ1v) is 28.7. The second-order valence-corrected chi connectivity index (χ2v) is 23.8. The molecule has 0 aliphatic heterocycles. The quantitative estimate of drug-likeness (QED) is 0.0379. The zero-order valence-corrected chi connectivity index (χ0v) is 49.9. The molecular formula is C57H105N9O12. The van der Waals surface area contributed by atoms with Gasteiger partial charge in [-0.05, 0) is 87.4 Å². The lowest BCUT2D eigenvalue weighted by Gasteiger charge is -2.31. The number of unbranched alkanes of at least 4 members (excludes halogenated alkanes) is 6. The largest absolute Gasteiger partial charge is 0.480 e. The molecule has 450 valence electrons. The molecule has 0 radical (unpaired) electrons. The van der Waals surface area contributed by atoms with E-state index in [1.807, 2.05) is 55.4 Å². The van der Waals surface area contributed by atoms with Crippen LogP contribution in [0, 0.1) is 35.5 Å². The SMILES string of the molecule is C=C(N[C@@H](CC(C)C)C(=O)N[C@H](CCC(N)=O)C(=O)N[C@@H](CC(C)C)C(=O)N[C@@H](C(=O)N[C@H](C(=O)N[C@H](CC(C)C)C(=O)N[C@@H](CC(C)C)C(=O)O)C(C)C)[C@@H](C)O)[C@H](CC(C)C)NC(=O)C[C@H](O)CCCCCCCCC. The van der Waals surface area contributed by atoms with Gasteiger partial charge >= 0.3 is 5.97 Å². The molecule has 0 heterocycles. The molecule has 0 unspecified atom stereocenters. The molecule has 0 aromatic carbocycles. The fourth-order valence-corrected chi connectivity index (χ4v) is 8.86. The van der Waals surface area contributed by atoms with Crippen molar-refractivity contribution >= 4 is 53.2 Å². The van der Waals surface area contributed by atoms with Crippen molar-refractivity contribution in [1.29, 1.82) is 0 Å². The van der Waals surface area contributed by atoms with Crippen molar-refractivity contribution in [1.82, 2.24) is 42.5 Å². The molecule has 0 aromatic heterocycles. The third-order valence-corrected chi connectivity index (χ3v) is 13.0. The number of amides is 8. The van der Waals surface area contributed by atoms with Crippen molar-refractivity contribution in [2.24, 2.45) is 41.2 Å². The molecule has 0 spiro atoms. The molecule has 0 aliphatic carbocycles. The van der Waals surface area contributed by atoms with Gasteiger partial charge in [0.15, 0.2) is 0 Å². The highest BCUT2D eigenvalue weighted by Crippen LogP contribution is 2.17. The van der Waals surface area contributed by atoms with Crippen molar-refractivity contribution in [3.63, 3.8) is 0 Å². The van der Waals surface area contributed by atoms with E-state index in [0.29, 0.717) is 18.5 Å². The Hall–Kier alpha value is -5.31. The maximum Gasteiger partial charge on any atom is 0.326 e. The summed E-state index contributed by atoms with van der Waals surface area (Å²) in [5.41, 5.74) is 5.85. The van der Waals surface area contributed by atoms with Crippen LogP contribution in [0.3, 0.4) is 0 Å². The Morgan fingerprint density at radius 2 is 0.808 bits per heavy atom. The van der Waals surface area contributed by atoms with E-state index in [9.17, 15) is 58.5 Å². The summed E-state index contributed by atoms with van der Waals surface area (Å²) in [5, 5.41) is 53.1. The number of carbonyl (C=O) groups is 9. The van der Waals surface area contributed by atoms with E-state index in [-0.39, 0.29) is 80.4 Å². The third-order valence-electron chi connectivity index (χ3n) is 13.0. The Labute approximate surface area is 466 Å². The summed E-state index contributed by atoms with van der Waals surface area (Å²) in [4.78, 5) is 121. The molecule has 21 heteroatoms. The minimum Gasteiger partial charge on any atom is -0.480 e. The first-order valence-electron chi connectivity index (χ1n) is 28.7. The lowest BCUT2D eigenvalue weighted by atomic mass is 9.97. The van der Waals surface area contributed by atoms with Crippen LogP contribution >= 0.6 is 0 Å². The molecule has 78 heavy (non-hydrogen) atoms. The van der Waals surface area contributed by atoms with Crippen LogP contribution in [0.1, 0.15) is 200 Å².